The van der Waals surface area contributed by atoms with Gasteiger partial charge in [0.15, 0.2) is 0 Å². The normalized spacial score (nSPS) is 16.1. The van der Waals surface area contributed by atoms with Gasteiger partial charge in [-0.1, -0.05) is 43.2 Å². The molecule has 1 N–H and O–H groups in total. The zero-order valence-corrected chi connectivity index (χ0v) is 11.4. The molecule has 0 heterocycles. The first-order chi connectivity index (χ1) is 9.25. The zero-order valence-electron chi connectivity index (χ0n) is 11.4. The lowest BCUT2D eigenvalue weighted by Gasteiger charge is -2.27. The summed E-state index contributed by atoms with van der Waals surface area (Å²) in [6.45, 7) is 1.09. The summed E-state index contributed by atoms with van der Waals surface area (Å²) in [6, 6.07) is 10.9. The van der Waals surface area contributed by atoms with E-state index in [2.05, 4.69) is 29.2 Å². The highest BCUT2D eigenvalue weighted by atomic mass is 16.4. The van der Waals surface area contributed by atoms with Gasteiger partial charge in [0, 0.05) is 6.04 Å². The van der Waals surface area contributed by atoms with Gasteiger partial charge in [0.05, 0.1) is 6.54 Å². The molecule has 0 amide bonds. The molecule has 0 atom stereocenters. The van der Waals surface area contributed by atoms with Crippen LogP contribution in [-0.4, -0.2) is 35.1 Å². The SMILES string of the molecule is O=C(O)CN(CCCc1ccccc1)C1CCCC1. The molecule has 0 unspecified atom stereocenters. The number of hydrogen-bond acceptors (Lipinski definition) is 2. The minimum atomic E-state index is -0.702. The molecule has 0 bridgehead atoms. The summed E-state index contributed by atoms with van der Waals surface area (Å²) in [4.78, 5) is 13.1. The molecule has 2 rings (SSSR count). The highest BCUT2D eigenvalue weighted by Gasteiger charge is 2.23. The number of nitrogens with zero attached hydrogens (tertiary/aromatic N) is 1. The van der Waals surface area contributed by atoms with Crippen molar-refractivity contribution in [2.45, 2.75) is 44.6 Å². The van der Waals surface area contributed by atoms with E-state index in [1.165, 1.54) is 31.2 Å². The minimum absolute atomic E-state index is 0.194. The number of rotatable bonds is 7. The second-order valence-corrected chi connectivity index (χ2v) is 5.39. The summed E-state index contributed by atoms with van der Waals surface area (Å²) in [7, 11) is 0. The van der Waals surface area contributed by atoms with E-state index in [0.717, 1.165) is 19.4 Å². The number of hydrogen-bond donors (Lipinski definition) is 1. The van der Waals surface area contributed by atoms with Gasteiger partial charge in [-0.05, 0) is 37.8 Å². The molecule has 1 fully saturated rings. The van der Waals surface area contributed by atoms with E-state index < -0.39 is 5.97 Å². The van der Waals surface area contributed by atoms with Crippen molar-refractivity contribution in [2.75, 3.05) is 13.1 Å². The monoisotopic (exact) mass is 261 g/mol. The van der Waals surface area contributed by atoms with Crippen LogP contribution in [0.3, 0.4) is 0 Å². The molecule has 0 radical (unpaired) electrons. The smallest absolute Gasteiger partial charge is 0.317 e. The van der Waals surface area contributed by atoms with E-state index >= 15 is 0 Å². The Kier molecular flexibility index (Phi) is 5.40. The summed E-state index contributed by atoms with van der Waals surface area (Å²) in [5.41, 5.74) is 1.34. The quantitative estimate of drug-likeness (QED) is 0.820. The Morgan fingerprint density at radius 2 is 1.89 bits per heavy atom. The fourth-order valence-corrected chi connectivity index (χ4v) is 2.96. The average Bonchev–Trinajstić information content (AvgIpc) is 2.92. The molecule has 1 aliphatic rings. The molecule has 1 aliphatic carbocycles. The molecule has 19 heavy (non-hydrogen) atoms. The predicted octanol–water partition coefficient (Wildman–Crippen LogP) is 2.95. The van der Waals surface area contributed by atoms with Crippen molar-refractivity contribution < 1.29 is 9.90 Å². The zero-order chi connectivity index (χ0) is 13.5. The van der Waals surface area contributed by atoms with Crippen LogP contribution in [0.25, 0.3) is 0 Å². The highest BCUT2D eigenvalue weighted by Crippen LogP contribution is 2.23. The standard InChI is InChI=1S/C16H23NO2/c18-16(19)13-17(15-10-4-5-11-15)12-6-9-14-7-2-1-3-8-14/h1-3,7-8,15H,4-6,9-13H2,(H,18,19). The Bertz CT molecular complexity index is 385. The van der Waals surface area contributed by atoms with E-state index in [0.29, 0.717) is 6.04 Å². The lowest BCUT2D eigenvalue weighted by atomic mass is 10.1. The number of carbonyl (C=O) groups is 1. The van der Waals surface area contributed by atoms with Gasteiger partial charge in [-0.15, -0.1) is 0 Å². The van der Waals surface area contributed by atoms with Crippen molar-refractivity contribution in [3.05, 3.63) is 35.9 Å². The molecule has 1 aromatic rings. The number of aliphatic carboxylic acids is 1. The molecule has 0 aliphatic heterocycles. The molecular formula is C16H23NO2. The molecule has 0 saturated heterocycles. The first-order valence-corrected chi connectivity index (χ1v) is 7.25. The summed E-state index contributed by atoms with van der Waals surface area (Å²) in [5.74, 6) is -0.702. The van der Waals surface area contributed by atoms with Crippen molar-refractivity contribution in [1.82, 2.24) is 4.90 Å². The van der Waals surface area contributed by atoms with Crippen LogP contribution in [0.15, 0.2) is 30.3 Å². The average molecular weight is 261 g/mol. The first-order valence-electron chi connectivity index (χ1n) is 7.25. The van der Waals surface area contributed by atoms with Gasteiger partial charge in [0.1, 0.15) is 0 Å². The first kappa shape index (κ1) is 14.1. The maximum Gasteiger partial charge on any atom is 0.317 e. The molecular weight excluding hydrogens is 238 g/mol. The summed E-state index contributed by atoms with van der Waals surface area (Å²) >= 11 is 0. The second-order valence-electron chi connectivity index (χ2n) is 5.39. The van der Waals surface area contributed by atoms with Crippen molar-refractivity contribution in [3.8, 4) is 0 Å². The molecule has 104 valence electrons. The van der Waals surface area contributed by atoms with Gasteiger partial charge in [-0.25, -0.2) is 0 Å². The number of carboxylic acids is 1. The summed E-state index contributed by atoms with van der Waals surface area (Å²) in [5, 5.41) is 9.02. The molecule has 0 aromatic heterocycles. The van der Waals surface area contributed by atoms with Crippen LogP contribution in [0, 0.1) is 0 Å². The van der Waals surface area contributed by atoms with E-state index in [9.17, 15) is 4.79 Å². The van der Waals surface area contributed by atoms with E-state index in [1.54, 1.807) is 0 Å². The van der Waals surface area contributed by atoms with E-state index in [-0.39, 0.29) is 6.54 Å². The molecule has 1 saturated carbocycles. The Hall–Kier alpha value is -1.35. The van der Waals surface area contributed by atoms with E-state index in [4.69, 9.17) is 5.11 Å². The highest BCUT2D eigenvalue weighted by molar-refractivity contribution is 5.69. The Balaban J connectivity index is 1.80. The van der Waals surface area contributed by atoms with Gasteiger partial charge >= 0.3 is 5.97 Å². The van der Waals surface area contributed by atoms with Crippen molar-refractivity contribution in [3.63, 3.8) is 0 Å². The van der Waals surface area contributed by atoms with Crippen LogP contribution < -0.4 is 0 Å². The van der Waals surface area contributed by atoms with Gasteiger partial charge in [-0.2, -0.15) is 0 Å². The molecule has 0 spiro atoms. The third-order valence-electron chi connectivity index (χ3n) is 3.93. The summed E-state index contributed by atoms with van der Waals surface area (Å²) < 4.78 is 0. The maximum atomic E-state index is 11.0. The lowest BCUT2D eigenvalue weighted by molar-refractivity contribution is -0.138. The van der Waals surface area contributed by atoms with E-state index in [1.807, 2.05) is 6.07 Å². The van der Waals surface area contributed by atoms with Crippen LogP contribution in [0.2, 0.25) is 0 Å². The van der Waals surface area contributed by atoms with Crippen LogP contribution >= 0.6 is 0 Å². The van der Waals surface area contributed by atoms with Crippen LogP contribution in [0.5, 0.6) is 0 Å². The van der Waals surface area contributed by atoms with Gasteiger partial charge in [0.25, 0.3) is 0 Å². The number of benzene rings is 1. The predicted molar refractivity (Wildman–Crippen MR) is 76.2 cm³/mol. The molecule has 1 aromatic carbocycles. The summed E-state index contributed by atoms with van der Waals surface area (Å²) in [6.07, 6.45) is 6.90. The Morgan fingerprint density at radius 1 is 1.21 bits per heavy atom. The van der Waals surface area contributed by atoms with Crippen LogP contribution in [-0.2, 0) is 11.2 Å². The fourth-order valence-electron chi connectivity index (χ4n) is 2.96. The van der Waals surface area contributed by atoms with Crippen LogP contribution in [0.4, 0.5) is 0 Å². The number of carboxylic acid groups (broad SMARTS) is 1. The van der Waals surface area contributed by atoms with Gasteiger partial charge in [0.2, 0.25) is 0 Å². The number of aryl methyl sites for hydroxylation is 1. The Labute approximate surface area is 115 Å². The minimum Gasteiger partial charge on any atom is -0.480 e. The van der Waals surface area contributed by atoms with Crippen molar-refractivity contribution in [1.29, 1.82) is 0 Å². The lowest BCUT2D eigenvalue weighted by Crippen LogP contribution is -2.38. The topological polar surface area (TPSA) is 40.5 Å². The second kappa shape index (κ2) is 7.29. The van der Waals surface area contributed by atoms with Crippen molar-refractivity contribution >= 4 is 5.97 Å². The fraction of sp³-hybridized carbons (Fsp3) is 0.562. The molecule has 3 nitrogen and oxygen atoms in total. The van der Waals surface area contributed by atoms with Gasteiger partial charge < -0.3 is 5.11 Å². The maximum absolute atomic E-state index is 11.0. The third-order valence-corrected chi connectivity index (χ3v) is 3.93. The third kappa shape index (κ3) is 4.67. The molecule has 3 heteroatoms. The Morgan fingerprint density at radius 3 is 2.53 bits per heavy atom. The largest absolute Gasteiger partial charge is 0.480 e. The van der Waals surface area contributed by atoms with Crippen LogP contribution in [0.1, 0.15) is 37.7 Å². The van der Waals surface area contributed by atoms with Gasteiger partial charge in [-0.3, -0.25) is 9.69 Å². The van der Waals surface area contributed by atoms with Crippen molar-refractivity contribution in [2.24, 2.45) is 0 Å².